The van der Waals surface area contributed by atoms with Crippen LogP contribution in [0.4, 0.5) is 13.2 Å². The molecule has 0 unspecified atom stereocenters. The summed E-state index contributed by atoms with van der Waals surface area (Å²) >= 11 is 5.90. The first-order chi connectivity index (χ1) is 10.4. The zero-order valence-electron chi connectivity index (χ0n) is 11.4. The van der Waals surface area contributed by atoms with E-state index in [1.807, 2.05) is 0 Å². The second kappa shape index (κ2) is 7.09. The van der Waals surface area contributed by atoms with E-state index in [1.165, 1.54) is 12.3 Å². The third-order valence-electron chi connectivity index (χ3n) is 3.10. The highest BCUT2D eigenvalue weighted by Crippen LogP contribution is 2.31. The van der Waals surface area contributed by atoms with E-state index in [0.29, 0.717) is 11.1 Å². The van der Waals surface area contributed by atoms with Crippen molar-refractivity contribution in [2.24, 2.45) is 0 Å². The molecule has 0 radical (unpaired) electrons. The Morgan fingerprint density at radius 3 is 2.68 bits per heavy atom. The molecule has 2 rings (SSSR count). The molecule has 22 heavy (non-hydrogen) atoms. The van der Waals surface area contributed by atoms with Gasteiger partial charge in [0, 0.05) is 36.1 Å². The van der Waals surface area contributed by atoms with Crippen LogP contribution in [0.5, 0.6) is 0 Å². The van der Waals surface area contributed by atoms with Crippen LogP contribution in [-0.4, -0.2) is 16.6 Å². The number of pyridine rings is 1. The largest absolute Gasteiger partial charge is 0.416 e. The van der Waals surface area contributed by atoms with Gasteiger partial charge in [0.1, 0.15) is 0 Å². The molecular formula is C15H14ClF3N2O. The molecule has 1 atom stereocenters. The monoisotopic (exact) mass is 330 g/mol. The van der Waals surface area contributed by atoms with E-state index in [0.717, 1.165) is 12.1 Å². The van der Waals surface area contributed by atoms with Gasteiger partial charge in [-0.1, -0.05) is 17.7 Å². The summed E-state index contributed by atoms with van der Waals surface area (Å²) in [5.74, 6) is 0. The molecule has 118 valence electrons. The molecule has 0 bridgehead atoms. The highest BCUT2D eigenvalue weighted by atomic mass is 35.5. The molecule has 1 heterocycles. The SMILES string of the molecule is O[C@@H](CNCc1cc(C(F)(F)F)ccc1Cl)c1cccnc1. The zero-order chi connectivity index (χ0) is 16.2. The molecule has 3 nitrogen and oxygen atoms in total. The minimum Gasteiger partial charge on any atom is -0.387 e. The van der Waals surface area contributed by atoms with Gasteiger partial charge in [0.05, 0.1) is 11.7 Å². The Hall–Kier alpha value is -1.63. The van der Waals surface area contributed by atoms with E-state index in [-0.39, 0.29) is 18.1 Å². The van der Waals surface area contributed by atoms with Crippen molar-refractivity contribution in [3.63, 3.8) is 0 Å². The lowest BCUT2D eigenvalue weighted by atomic mass is 10.1. The highest BCUT2D eigenvalue weighted by molar-refractivity contribution is 6.31. The summed E-state index contributed by atoms with van der Waals surface area (Å²) in [6.45, 7) is 0.304. The standard InChI is InChI=1S/C15H14ClF3N2O/c16-13-4-3-12(15(17,18)19)6-11(13)8-21-9-14(22)10-2-1-5-20-7-10/h1-7,14,21-22H,8-9H2/t14-/m0/s1. The lowest BCUT2D eigenvalue weighted by molar-refractivity contribution is -0.137. The van der Waals surface area contributed by atoms with Gasteiger partial charge in [-0.25, -0.2) is 0 Å². The fraction of sp³-hybridized carbons (Fsp3) is 0.267. The lowest BCUT2D eigenvalue weighted by Gasteiger charge is -2.14. The Balaban J connectivity index is 1.97. The first-order valence-electron chi connectivity index (χ1n) is 6.52. The summed E-state index contributed by atoms with van der Waals surface area (Å²) < 4.78 is 38.0. The maximum atomic E-state index is 12.7. The van der Waals surface area contributed by atoms with E-state index in [4.69, 9.17) is 11.6 Å². The van der Waals surface area contributed by atoms with Crippen molar-refractivity contribution in [1.29, 1.82) is 0 Å². The number of aromatic nitrogens is 1. The number of hydrogen-bond donors (Lipinski definition) is 2. The van der Waals surface area contributed by atoms with Gasteiger partial charge in [0.25, 0.3) is 0 Å². The number of rotatable bonds is 5. The Labute approximate surface area is 130 Å². The number of alkyl halides is 3. The van der Waals surface area contributed by atoms with E-state index in [2.05, 4.69) is 10.3 Å². The molecule has 0 fully saturated rings. The molecule has 0 spiro atoms. The second-order valence-corrected chi connectivity index (χ2v) is 5.14. The fourth-order valence-corrected chi connectivity index (χ4v) is 2.11. The first kappa shape index (κ1) is 16.7. The van der Waals surface area contributed by atoms with E-state index >= 15 is 0 Å². The molecule has 1 aromatic heterocycles. The maximum Gasteiger partial charge on any atom is 0.416 e. The van der Waals surface area contributed by atoms with Gasteiger partial charge in [-0.3, -0.25) is 4.98 Å². The minimum atomic E-state index is -4.41. The normalized spacial score (nSPS) is 13.1. The van der Waals surface area contributed by atoms with Gasteiger partial charge in [-0.15, -0.1) is 0 Å². The minimum absolute atomic E-state index is 0.125. The van der Waals surface area contributed by atoms with Crippen LogP contribution < -0.4 is 5.32 Å². The topological polar surface area (TPSA) is 45.1 Å². The molecule has 1 aromatic carbocycles. The molecule has 7 heteroatoms. The molecule has 0 amide bonds. The number of aliphatic hydroxyl groups excluding tert-OH is 1. The quantitative estimate of drug-likeness (QED) is 0.881. The van der Waals surface area contributed by atoms with Crippen LogP contribution in [0.2, 0.25) is 5.02 Å². The molecule has 0 aliphatic rings. The van der Waals surface area contributed by atoms with Gasteiger partial charge in [-0.2, -0.15) is 13.2 Å². The number of hydrogen-bond acceptors (Lipinski definition) is 3. The number of nitrogens with zero attached hydrogens (tertiary/aromatic N) is 1. The summed E-state index contributed by atoms with van der Waals surface area (Å²) in [5.41, 5.74) is 0.210. The fourth-order valence-electron chi connectivity index (χ4n) is 1.92. The first-order valence-corrected chi connectivity index (χ1v) is 6.90. The van der Waals surface area contributed by atoms with Crippen LogP contribution in [0, 0.1) is 0 Å². The van der Waals surface area contributed by atoms with E-state index in [9.17, 15) is 18.3 Å². The number of halogens is 4. The molecule has 0 aliphatic carbocycles. The second-order valence-electron chi connectivity index (χ2n) is 4.74. The van der Waals surface area contributed by atoms with Crippen LogP contribution in [0.3, 0.4) is 0 Å². The number of benzene rings is 1. The van der Waals surface area contributed by atoms with Crippen LogP contribution in [0.1, 0.15) is 22.8 Å². The third-order valence-corrected chi connectivity index (χ3v) is 3.46. The maximum absolute atomic E-state index is 12.7. The van der Waals surface area contributed by atoms with Gasteiger partial charge in [0.2, 0.25) is 0 Å². The third kappa shape index (κ3) is 4.43. The summed E-state index contributed by atoms with van der Waals surface area (Å²) in [6, 6.07) is 6.58. The average molecular weight is 331 g/mol. The van der Waals surface area contributed by atoms with Gasteiger partial charge in [-0.05, 0) is 29.8 Å². The average Bonchev–Trinajstić information content (AvgIpc) is 2.48. The predicted molar refractivity (Wildman–Crippen MR) is 77.4 cm³/mol. The molecule has 0 aliphatic heterocycles. The zero-order valence-corrected chi connectivity index (χ0v) is 12.2. The Bertz CT molecular complexity index is 620. The smallest absolute Gasteiger partial charge is 0.387 e. The van der Waals surface area contributed by atoms with Crippen molar-refractivity contribution < 1.29 is 18.3 Å². The Morgan fingerprint density at radius 2 is 2.05 bits per heavy atom. The lowest BCUT2D eigenvalue weighted by Crippen LogP contribution is -2.21. The molecule has 2 N–H and O–H groups in total. The van der Waals surface area contributed by atoms with Crippen molar-refractivity contribution in [3.05, 3.63) is 64.4 Å². The van der Waals surface area contributed by atoms with Crippen LogP contribution >= 0.6 is 11.6 Å². The molecule has 2 aromatic rings. The predicted octanol–water partition coefficient (Wildman–Crippen LogP) is 3.58. The number of nitrogens with one attached hydrogen (secondary N) is 1. The summed E-state index contributed by atoms with van der Waals surface area (Å²) in [6.07, 6.45) is -2.08. The van der Waals surface area contributed by atoms with Crippen LogP contribution in [-0.2, 0) is 12.7 Å². The van der Waals surface area contributed by atoms with Gasteiger partial charge >= 0.3 is 6.18 Å². The molecular weight excluding hydrogens is 317 g/mol. The summed E-state index contributed by atoms with van der Waals surface area (Å²) in [5, 5.41) is 13.1. The van der Waals surface area contributed by atoms with Crippen molar-refractivity contribution >= 4 is 11.6 Å². The van der Waals surface area contributed by atoms with Gasteiger partial charge < -0.3 is 10.4 Å². The van der Waals surface area contributed by atoms with E-state index in [1.54, 1.807) is 18.3 Å². The molecule has 0 saturated heterocycles. The summed E-state index contributed by atoms with van der Waals surface area (Å²) in [4.78, 5) is 3.89. The van der Waals surface area contributed by atoms with Crippen LogP contribution in [0.15, 0.2) is 42.7 Å². The highest BCUT2D eigenvalue weighted by Gasteiger charge is 2.30. The van der Waals surface area contributed by atoms with Crippen molar-refractivity contribution in [3.8, 4) is 0 Å². The molecule has 0 saturated carbocycles. The summed E-state index contributed by atoms with van der Waals surface area (Å²) in [7, 11) is 0. The van der Waals surface area contributed by atoms with Crippen molar-refractivity contribution in [2.45, 2.75) is 18.8 Å². The Kier molecular flexibility index (Phi) is 5.39. The van der Waals surface area contributed by atoms with Crippen LogP contribution in [0.25, 0.3) is 0 Å². The van der Waals surface area contributed by atoms with E-state index < -0.39 is 17.8 Å². The van der Waals surface area contributed by atoms with Crippen molar-refractivity contribution in [1.82, 2.24) is 10.3 Å². The van der Waals surface area contributed by atoms with Crippen molar-refractivity contribution in [2.75, 3.05) is 6.54 Å². The van der Waals surface area contributed by atoms with Gasteiger partial charge in [0.15, 0.2) is 0 Å². The Morgan fingerprint density at radius 1 is 1.27 bits per heavy atom. The number of aliphatic hydroxyl groups is 1.